The zero-order valence-electron chi connectivity index (χ0n) is 6.51. The molecular weight excluding hydrogens is 142 g/mol. The number of piperidine rings is 1. The fourth-order valence-corrected chi connectivity index (χ4v) is 1.23. The molecule has 0 aliphatic carbocycles. The topological polar surface area (TPSA) is 38.3 Å². The molecular formula is C8H13NO2. The van der Waals surface area contributed by atoms with E-state index in [1.165, 1.54) is 6.26 Å². The van der Waals surface area contributed by atoms with Gasteiger partial charge < -0.3 is 10.1 Å². The standard InChI is InChI=1S/C8H13NO2/c1-2-11-8(10)7-4-3-5-9-6-7/h2,7,9H,1,3-6H2. The van der Waals surface area contributed by atoms with E-state index < -0.39 is 0 Å². The molecule has 0 spiro atoms. The van der Waals surface area contributed by atoms with Gasteiger partial charge in [0.15, 0.2) is 0 Å². The molecule has 1 saturated heterocycles. The first kappa shape index (κ1) is 8.27. The molecule has 0 aromatic heterocycles. The molecule has 1 rings (SSSR count). The van der Waals surface area contributed by atoms with Crippen molar-refractivity contribution in [1.29, 1.82) is 0 Å². The molecule has 1 heterocycles. The van der Waals surface area contributed by atoms with Crippen LogP contribution in [0.1, 0.15) is 12.8 Å². The number of carbonyl (C=O) groups excluding carboxylic acids is 1. The van der Waals surface area contributed by atoms with Crippen molar-refractivity contribution in [2.24, 2.45) is 5.92 Å². The van der Waals surface area contributed by atoms with Gasteiger partial charge in [-0.1, -0.05) is 6.58 Å². The van der Waals surface area contributed by atoms with E-state index in [2.05, 4.69) is 16.6 Å². The highest BCUT2D eigenvalue weighted by Crippen LogP contribution is 2.11. The van der Waals surface area contributed by atoms with Gasteiger partial charge in [-0.15, -0.1) is 0 Å². The maximum absolute atomic E-state index is 11.1. The Morgan fingerprint density at radius 2 is 2.55 bits per heavy atom. The lowest BCUT2D eigenvalue weighted by molar-refractivity contribution is -0.143. The molecule has 3 nitrogen and oxygen atoms in total. The molecule has 0 bridgehead atoms. The molecule has 0 aromatic rings. The van der Waals surface area contributed by atoms with Crippen LogP contribution in [0.3, 0.4) is 0 Å². The van der Waals surface area contributed by atoms with Gasteiger partial charge in [0, 0.05) is 6.54 Å². The zero-order chi connectivity index (χ0) is 8.10. The maximum atomic E-state index is 11.1. The van der Waals surface area contributed by atoms with Crippen LogP contribution in [-0.4, -0.2) is 19.1 Å². The molecule has 0 radical (unpaired) electrons. The first-order valence-electron chi connectivity index (χ1n) is 3.86. The van der Waals surface area contributed by atoms with Gasteiger partial charge in [-0.3, -0.25) is 4.79 Å². The summed E-state index contributed by atoms with van der Waals surface area (Å²) in [6, 6.07) is 0. The van der Waals surface area contributed by atoms with Crippen molar-refractivity contribution in [2.45, 2.75) is 12.8 Å². The average molecular weight is 155 g/mol. The fourth-order valence-electron chi connectivity index (χ4n) is 1.23. The van der Waals surface area contributed by atoms with E-state index in [0.717, 1.165) is 25.9 Å². The number of carbonyl (C=O) groups is 1. The molecule has 1 fully saturated rings. The molecule has 1 N–H and O–H groups in total. The smallest absolute Gasteiger partial charge is 0.315 e. The fraction of sp³-hybridized carbons (Fsp3) is 0.625. The summed E-state index contributed by atoms with van der Waals surface area (Å²) in [5.74, 6) is -0.131. The summed E-state index contributed by atoms with van der Waals surface area (Å²) in [7, 11) is 0. The predicted molar refractivity (Wildman–Crippen MR) is 41.9 cm³/mol. The second kappa shape index (κ2) is 4.13. The van der Waals surface area contributed by atoms with E-state index in [1.807, 2.05) is 0 Å². The van der Waals surface area contributed by atoms with Crippen molar-refractivity contribution in [2.75, 3.05) is 13.1 Å². The Hall–Kier alpha value is -0.830. The number of hydrogen-bond acceptors (Lipinski definition) is 3. The first-order chi connectivity index (χ1) is 5.34. The van der Waals surface area contributed by atoms with E-state index in [0.29, 0.717) is 0 Å². The molecule has 0 aromatic carbocycles. The van der Waals surface area contributed by atoms with E-state index in [4.69, 9.17) is 0 Å². The molecule has 0 amide bonds. The number of nitrogens with one attached hydrogen (secondary N) is 1. The largest absolute Gasteiger partial charge is 0.435 e. The van der Waals surface area contributed by atoms with E-state index in [1.54, 1.807) is 0 Å². The molecule has 62 valence electrons. The van der Waals surface area contributed by atoms with Crippen molar-refractivity contribution >= 4 is 5.97 Å². The van der Waals surface area contributed by atoms with E-state index in [-0.39, 0.29) is 11.9 Å². The number of ether oxygens (including phenoxy) is 1. The minimum absolute atomic E-state index is 0.0294. The molecule has 1 aliphatic heterocycles. The van der Waals surface area contributed by atoms with Gasteiger partial charge >= 0.3 is 5.97 Å². The summed E-state index contributed by atoms with van der Waals surface area (Å²) in [5, 5.41) is 3.14. The van der Waals surface area contributed by atoms with Crippen LogP contribution in [0.25, 0.3) is 0 Å². The lowest BCUT2D eigenvalue weighted by Crippen LogP contribution is -2.34. The van der Waals surface area contributed by atoms with Gasteiger partial charge in [0.05, 0.1) is 12.2 Å². The SMILES string of the molecule is C=COC(=O)C1CCCNC1. The third-order valence-electron chi connectivity index (χ3n) is 1.83. The van der Waals surface area contributed by atoms with Crippen LogP contribution in [0.15, 0.2) is 12.8 Å². The van der Waals surface area contributed by atoms with Crippen molar-refractivity contribution in [3.05, 3.63) is 12.8 Å². The Kier molecular flexibility index (Phi) is 3.11. The highest BCUT2D eigenvalue weighted by atomic mass is 16.5. The summed E-state index contributed by atoms with van der Waals surface area (Å²) in [4.78, 5) is 11.1. The van der Waals surface area contributed by atoms with Crippen LogP contribution in [0.2, 0.25) is 0 Å². The monoisotopic (exact) mass is 155 g/mol. The summed E-state index contributed by atoms with van der Waals surface area (Å²) in [6.45, 7) is 5.09. The molecule has 1 aliphatic rings. The summed E-state index contributed by atoms with van der Waals surface area (Å²) in [6.07, 6.45) is 3.17. The van der Waals surface area contributed by atoms with Crippen LogP contribution in [-0.2, 0) is 9.53 Å². The molecule has 3 heteroatoms. The molecule has 1 unspecified atom stereocenters. The number of esters is 1. The Balaban J connectivity index is 2.32. The van der Waals surface area contributed by atoms with Gasteiger partial charge in [-0.2, -0.15) is 0 Å². The second-order valence-electron chi connectivity index (χ2n) is 2.65. The van der Waals surface area contributed by atoms with Gasteiger partial charge in [0.1, 0.15) is 0 Å². The Labute approximate surface area is 66.4 Å². The highest BCUT2D eigenvalue weighted by Gasteiger charge is 2.21. The Bertz CT molecular complexity index is 150. The van der Waals surface area contributed by atoms with Crippen molar-refractivity contribution in [3.8, 4) is 0 Å². The van der Waals surface area contributed by atoms with Crippen LogP contribution in [0.5, 0.6) is 0 Å². The average Bonchev–Trinajstić information content (AvgIpc) is 2.07. The van der Waals surface area contributed by atoms with Crippen LogP contribution in [0, 0.1) is 5.92 Å². The third kappa shape index (κ3) is 2.35. The summed E-state index contributed by atoms with van der Waals surface area (Å²) < 4.78 is 4.67. The quantitative estimate of drug-likeness (QED) is 0.470. The van der Waals surface area contributed by atoms with Crippen molar-refractivity contribution in [1.82, 2.24) is 5.32 Å². The van der Waals surface area contributed by atoms with Crippen molar-refractivity contribution in [3.63, 3.8) is 0 Å². The van der Waals surface area contributed by atoms with Gasteiger partial charge in [0.25, 0.3) is 0 Å². The second-order valence-corrected chi connectivity index (χ2v) is 2.65. The third-order valence-corrected chi connectivity index (χ3v) is 1.83. The normalized spacial score (nSPS) is 24.2. The molecule has 11 heavy (non-hydrogen) atoms. The van der Waals surface area contributed by atoms with E-state index in [9.17, 15) is 4.79 Å². The lowest BCUT2D eigenvalue weighted by atomic mass is 10.0. The lowest BCUT2D eigenvalue weighted by Gasteiger charge is -2.19. The van der Waals surface area contributed by atoms with Gasteiger partial charge in [-0.25, -0.2) is 0 Å². The highest BCUT2D eigenvalue weighted by molar-refractivity contribution is 5.73. The maximum Gasteiger partial charge on any atom is 0.315 e. The van der Waals surface area contributed by atoms with Gasteiger partial charge in [0.2, 0.25) is 0 Å². The summed E-state index contributed by atoms with van der Waals surface area (Å²) in [5.41, 5.74) is 0. The molecule has 0 saturated carbocycles. The summed E-state index contributed by atoms with van der Waals surface area (Å²) >= 11 is 0. The van der Waals surface area contributed by atoms with E-state index >= 15 is 0 Å². The Morgan fingerprint density at radius 1 is 1.73 bits per heavy atom. The zero-order valence-corrected chi connectivity index (χ0v) is 6.51. The van der Waals surface area contributed by atoms with Gasteiger partial charge in [-0.05, 0) is 19.4 Å². The molecule has 1 atom stereocenters. The minimum atomic E-state index is -0.160. The first-order valence-corrected chi connectivity index (χ1v) is 3.86. The number of hydrogen-bond donors (Lipinski definition) is 1. The Morgan fingerprint density at radius 3 is 3.09 bits per heavy atom. The van der Waals surface area contributed by atoms with Crippen molar-refractivity contribution < 1.29 is 9.53 Å². The van der Waals surface area contributed by atoms with Crippen LogP contribution in [0.4, 0.5) is 0 Å². The van der Waals surface area contributed by atoms with Crippen LogP contribution < -0.4 is 5.32 Å². The minimum Gasteiger partial charge on any atom is -0.435 e. The number of rotatable bonds is 2. The van der Waals surface area contributed by atoms with Crippen LogP contribution >= 0.6 is 0 Å². The predicted octanol–water partition coefficient (Wildman–Crippen LogP) is 0.673.